The molecule has 1 spiro atoms. The number of nitrogens with one attached hydrogen (secondary N) is 1. The predicted octanol–water partition coefficient (Wildman–Crippen LogP) is 3.68. The number of guanidine groups is 1. The van der Waals surface area contributed by atoms with Crippen LogP contribution in [0.1, 0.15) is 55.7 Å². The standard InChI is InChI=1S/C21H28N6.HI/c1-15-24-25-19(26(15)2)13-22-20(23-16-9-10-16)27-14-21(11-5-6-12-21)17-7-3-4-8-18(17)27;/h3-4,7-8,16H,5-6,9-14H2,1-2H3,(H,22,23);1H. The fourth-order valence-corrected chi connectivity index (χ4v) is 4.65. The second-order valence-electron chi connectivity index (χ2n) is 8.37. The number of aryl methyl sites for hydroxylation is 1. The summed E-state index contributed by atoms with van der Waals surface area (Å²) in [5.41, 5.74) is 3.16. The lowest BCUT2D eigenvalue weighted by Gasteiger charge is -2.27. The van der Waals surface area contributed by atoms with E-state index < -0.39 is 0 Å². The van der Waals surface area contributed by atoms with Gasteiger partial charge >= 0.3 is 0 Å². The number of hydrogen-bond acceptors (Lipinski definition) is 3. The van der Waals surface area contributed by atoms with Crippen LogP contribution in [-0.2, 0) is 19.0 Å². The lowest BCUT2D eigenvalue weighted by atomic mass is 9.81. The molecule has 6 nitrogen and oxygen atoms in total. The number of para-hydroxylation sites is 1. The third-order valence-corrected chi connectivity index (χ3v) is 6.51. The molecule has 2 aromatic rings. The highest BCUT2D eigenvalue weighted by molar-refractivity contribution is 14.0. The number of aliphatic imine (C=N–C) groups is 1. The Labute approximate surface area is 183 Å². The van der Waals surface area contributed by atoms with Crippen LogP contribution in [0.4, 0.5) is 5.69 Å². The molecule has 150 valence electrons. The molecule has 0 saturated heterocycles. The first-order valence-electron chi connectivity index (χ1n) is 10.2. The highest BCUT2D eigenvalue weighted by atomic mass is 127. The van der Waals surface area contributed by atoms with Crippen LogP contribution in [0.2, 0.25) is 0 Å². The molecule has 2 saturated carbocycles. The molecule has 1 aromatic heterocycles. The maximum atomic E-state index is 4.99. The van der Waals surface area contributed by atoms with Crippen molar-refractivity contribution in [2.75, 3.05) is 11.4 Å². The van der Waals surface area contributed by atoms with Crippen molar-refractivity contribution in [3.8, 4) is 0 Å². The van der Waals surface area contributed by atoms with Gasteiger partial charge in [0, 0.05) is 30.7 Å². The molecular formula is C21H29IN6. The van der Waals surface area contributed by atoms with Crippen molar-refractivity contribution >= 4 is 35.6 Å². The SMILES string of the molecule is Cc1nnc(CN=C(NC2CC2)N2CC3(CCCC3)c3ccccc32)n1C.I. The van der Waals surface area contributed by atoms with Crippen LogP contribution < -0.4 is 10.2 Å². The first kappa shape index (κ1) is 19.7. The van der Waals surface area contributed by atoms with E-state index in [1.165, 1.54) is 49.8 Å². The molecule has 2 aliphatic carbocycles. The highest BCUT2D eigenvalue weighted by Crippen LogP contribution is 2.50. The highest BCUT2D eigenvalue weighted by Gasteiger charge is 2.46. The van der Waals surface area contributed by atoms with Crippen molar-refractivity contribution < 1.29 is 0 Å². The zero-order chi connectivity index (χ0) is 18.4. The van der Waals surface area contributed by atoms with Crippen molar-refractivity contribution in [3.63, 3.8) is 0 Å². The van der Waals surface area contributed by atoms with Gasteiger partial charge in [0.05, 0.1) is 0 Å². The molecule has 1 N–H and O–H groups in total. The van der Waals surface area contributed by atoms with Crippen LogP contribution in [0.5, 0.6) is 0 Å². The van der Waals surface area contributed by atoms with E-state index in [1.54, 1.807) is 0 Å². The second-order valence-corrected chi connectivity index (χ2v) is 8.37. The number of halogens is 1. The summed E-state index contributed by atoms with van der Waals surface area (Å²) in [6.45, 7) is 3.57. The smallest absolute Gasteiger partial charge is 0.199 e. The summed E-state index contributed by atoms with van der Waals surface area (Å²) in [6.07, 6.45) is 7.73. The Morgan fingerprint density at radius 3 is 2.64 bits per heavy atom. The minimum absolute atomic E-state index is 0. The molecule has 0 amide bonds. The van der Waals surface area contributed by atoms with Gasteiger partial charge in [-0.05, 0) is 44.2 Å². The Hall–Kier alpha value is -1.64. The summed E-state index contributed by atoms with van der Waals surface area (Å²) >= 11 is 0. The van der Waals surface area contributed by atoms with E-state index in [0.29, 0.717) is 18.0 Å². The Balaban J connectivity index is 0.00000192. The molecule has 0 atom stereocenters. The molecule has 1 aromatic carbocycles. The topological polar surface area (TPSA) is 58.3 Å². The fourth-order valence-electron chi connectivity index (χ4n) is 4.65. The summed E-state index contributed by atoms with van der Waals surface area (Å²) in [5.74, 6) is 2.84. The number of benzene rings is 1. The summed E-state index contributed by atoms with van der Waals surface area (Å²) in [7, 11) is 2.01. The number of rotatable bonds is 3. The maximum Gasteiger partial charge on any atom is 0.199 e. The monoisotopic (exact) mass is 492 g/mol. The van der Waals surface area contributed by atoms with E-state index in [2.05, 4.69) is 44.7 Å². The van der Waals surface area contributed by atoms with Gasteiger partial charge < -0.3 is 14.8 Å². The van der Waals surface area contributed by atoms with E-state index in [-0.39, 0.29) is 24.0 Å². The Kier molecular flexibility index (Phi) is 5.37. The Morgan fingerprint density at radius 1 is 1.21 bits per heavy atom. The summed E-state index contributed by atoms with van der Waals surface area (Å²) in [4.78, 5) is 7.42. The number of aromatic nitrogens is 3. The van der Waals surface area contributed by atoms with Gasteiger partial charge in [-0.2, -0.15) is 0 Å². The Bertz CT molecular complexity index is 879. The number of fused-ring (bicyclic) bond motifs is 2. The Morgan fingerprint density at radius 2 is 1.96 bits per heavy atom. The van der Waals surface area contributed by atoms with Crippen molar-refractivity contribution in [1.29, 1.82) is 0 Å². The van der Waals surface area contributed by atoms with Crippen molar-refractivity contribution in [3.05, 3.63) is 41.5 Å². The van der Waals surface area contributed by atoms with E-state index in [0.717, 1.165) is 24.2 Å². The molecule has 0 bridgehead atoms. The van der Waals surface area contributed by atoms with E-state index in [9.17, 15) is 0 Å². The van der Waals surface area contributed by atoms with Gasteiger partial charge in [-0.3, -0.25) is 0 Å². The summed E-state index contributed by atoms with van der Waals surface area (Å²) in [6, 6.07) is 9.51. The zero-order valence-electron chi connectivity index (χ0n) is 16.7. The number of nitrogens with zero attached hydrogens (tertiary/aromatic N) is 5. The van der Waals surface area contributed by atoms with Crippen molar-refractivity contribution in [2.24, 2.45) is 12.0 Å². The molecule has 0 radical (unpaired) electrons. The average molecular weight is 492 g/mol. The molecule has 3 aliphatic rings. The first-order chi connectivity index (χ1) is 13.2. The lowest BCUT2D eigenvalue weighted by molar-refractivity contribution is 0.478. The van der Waals surface area contributed by atoms with Crippen LogP contribution in [0.3, 0.4) is 0 Å². The number of anilines is 1. The third-order valence-electron chi connectivity index (χ3n) is 6.51. The van der Waals surface area contributed by atoms with E-state index >= 15 is 0 Å². The van der Waals surface area contributed by atoms with E-state index in [4.69, 9.17) is 4.99 Å². The van der Waals surface area contributed by atoms with Crippen LogP contribution >= 0.6 is 24.0 Å². The minimum atomic E-state index is 0. The summed E-state index contributed by atoms with van der Waals surface area (Å²) in [5, 5.41) is 12.1. The van der Waals surface area contributed by atoms with E-state index in [1.807, 2.05) is 18.5 Å². The largest absolute Gasteiger partial charge is 0.353 e. The predicted molar refractivity (Wildman–Crippen MR) is 122 cm³/mol. The second kappa shape index (κ2) is 7.65. The lowest BCUT2D eigenvalue weighted by Crippen LogP contribution is -2.44. The summed E-state index contributed by atoms with van der Waals surface area (Å²) < 4.78 is 2.02. The van der Waals surface area contributed by atoms with Gasteiger partial charge in [-0.15, -0.1) is 34.2 Å². The van der Waals surface area contributed by atoms with Gasteiger partial charge in [-0.1, -0.05) is 31.0 Å². The average Bonchev–Trinajstić information content (AvgIpc) is 3.15. The van der Waals surface area contributed by atoms with Crippen LogP contribution in [0, 0.1) is 6.92 Å². The van der Waals surface area contributed by atoms with Crippen LogP contribution in [-0.4, -0.2) is 33.3 Å². The maximum absolute atomic E-state index is 4.99. The van der Waals surface area contributed by atoms with Gasteiger partial charge in [0.15, 0.2) is 11.8 Å². The third kappa shape index (κ3) is 3.42. The fraction of sp³-hybridized carbons (Fsp3) is 0.571. The molecule has 0 unspecified atom stereocenters. The molecule has 2 fully saturated rings. The normalized spacial score (nSPS) is 20.4. The minimum Gasteiger partial charge on any atom is -0.353 e. The van der Waals surface area contributed by atoms with Crippen molar-refractivity contribution in [1.82, 2.24) is 20.1 Å². The number of hydrogen-bond donors (Lipinski definition) is 1. The van der Waals surface area contributed by atoms with Crippen molar-refractivity contribution in [2.45, 2.75) is 63.5 Å². The first-order valence-corrected chi connectivity index (χ1v) is 10.2. The van der Waals surface area contributed by atoms with Crippen LogP contribution in [0.25, 0.3) is 0 Å². The quantitative estimate of drug-likeness (QED) is 0.404. The van der Waals surface area contributed by atoms with Gasteiger partial charge in [0.25, 0.3) is 0 Å². The van der Waals surface area contributed by atoms with Crippen LogP contribution in [0.15, 0.2) is 29.3 Å². The molecule has 28 heavy (non-hydrogen) atoms. The molecule has 1 aliphatic heterocycles. The van der Waals surface area contributed by atoms with Gasteiger partial charge in [0.1, 0.15) is 12.4 Å². The zero-order valence-corrected chi connectivity index (χ0v) is 19.0. The molecule has 2 heterocycles. The van der Waals surface area contributed by atoms with Gasteiger partial charge in [0.2, 0.25) is 0 Å². The molecule has 5 rings (SSSR count). The van der Waals surface area contributed by atoms with Gasteiger partial charge in [-0.25, -0.2) is 4.99 Å². The molecular weight excluding hydrogens is 463 g/mol. The molecule has 7 heteroatoms.